The third-order valence-electron chi connectivity index (χ3n) is 3.76. The molecule has 112 valence electrons. The Balaban J connectivity index is 2.21. The molecule has 5 heteroatoms. The Bertz CT molecular complexity index is 263. The van der Waals surface area contributed by atoms with E-state index in [1.54, 1.807) is 0 Å². The molecule has 0 saturated carbocycles. The second-order valence-corrected chi connectivity index (χ2v) is 5.59. The zero-order valence-corrected chi connectivity index (χ0v) is 12.6. The van der Waals surface area contributed by atoms with Gasteiger partial charge in [0.2, 0.25) is 5.91 Å². The molecule has 0 aromatic rings. The van der Waals surface area contributed by atoms with Gasteiger partial charge in [0.05, 0.1) is 12.6 Å². The van der Waals surface area contributed by atoms with E-state index in [1.165, 1.54) is 0 Å². The average molecular weight is 271 g/mol. The summed E-state index contributed by atoms with van der Waals surface area (Å²) in [5.74, 6) is 0.206. The molecule has 1 aliphatic heterocycles. The zero-order chi connectivity index (χ0) is 14.3. The van der Waals surface area contributed by atoms with Crippen molar-refractivity contribution in [2.24, 2.45) is 5.73 Å². The summed E-state index contributed by atoms with van der Waals surface area (Å²) in [5, 5.41) is 0. The van der Waals surface area contributed by atoms with Crippen LogP contribution in [0.15, 0.2) is 0 Å². The molecule has 1 heterocycles. The molecule has 1 saturated heterocycles. The summed E-state index contributed by atoms with van der Waals surface area (Å²) in [6.07, 6.45) is 3.31. The first-order chi connectivity index (χ1) is 9.04. The van der Waals surface area contributed by atoms with Crippen molar-refractivity contribution in [3.63, 3.8) is 0 Å². The number of carbonyl (C=O) groups is 1. The van der Waals surface area contributed by atoms with Crippen molar-refractivity contribution in [1.29, 1.82) is 0 Å². The Hall–Kier alpha value is -0.650. The summed E-state index contributed by atoms with van der Waals surface area (Å²) < 4.78 is 5.76. The standard InChI is InChI=1S/C14H29N3O2/c1-12(2)16(3)14(18)11-17-8-5-13(6-9-17)19-10-4-7-15/h12-13H,4-11,15H2,1-3H3. The lowest BCUT2D eigenvalue weighted by molar-refractivity contribution is -0.133. The van der Waals surface area contributed by atoms with Gasteiger partial charge >= 0.3 is 0 Å². The number of nitrogens with zero attached hydrogens (tertiary/aromatic N) is 2. The number of likely N-dealkylation sites (N-methyl/N-ethyl adjacent to an activating group) is 1. The largest absolute Gasteiger partial charge is 0.378 e. The van der Waals surface area contributed by atoms with E-state index in [4.69, 9.17) is 10.5 Å². The van der Waals surface area contributed by atoms with Crippen molar-refractivity contribution in [2.45, 2.75) is 45.3 Å². The second kappa shape index (κ2) is 8.51. The normalized spacial score (nSPS) is 17.9. The fourth-order valence-electron chi connectivity index (χ4n) is 2.16. The Labute approximate surface area is 117 Å². The summed E-state index contributed by atoms with van der Waals surface area (Å²) >= 11 is 0. The minimum atomic E-state index is 0.206. The molecule has 2 N–H and O–H groups in total. The van der Waals surface area contributed by atoms with Crippen molar-refractivity contribution in [3.8, 4) is 0 Å². The summed E-state index contributed by atoms with van der Waals surface area (Å²) in [4.78, 5) is 16.0. The molecule has 5 nitrogen and oxygen atoms in total. The number of amides is 1. The lowest BCUT2D eigenvalue weighted by atomic mass is 10.1. The van der Waals surface area contributed by atoms with Gasteiger partial charge in [0.15, 0.2) is 0 Å². The van der Waals surface area contributed by atoms with E-state index in [-0.39, 0.29) is 11.9 Å². The second-order valence-electron chi connectivity index (χ2n) is 5.59. The number of likely N-dealkylation sites (tertiary alicyclic amines) is 1. The number of carbonyl (C=O) groups excluding carboxylic acids is 1. The first-order valence-corrected chi connectivity index (χ1v) is 7.34. The molecular weight excluding hydrogens is 242 g/mol. The smallest absolute Gasteiger partial charge is 0.236 e. The van der Waals surface area contributed by atoms with Gasteiger partial charge in [-0.3, -0.25) is 9.69 Å². The molecule has 0 spiro atoms. The van der Waals surface area contributed by atoms with Gasteiger partial charge in [0.25, 0.3) is 0 Å². The molecule has 1 amide bonds. The van der Waals surface area contributed by atoms with Crippen LogP contribution in [0, 0.1) is 0 Å². The molecule has 0 aromatic carbocycles. The highest BCUT2D eigenvalue weighted by molar-refractivity contribution is 5.78. The maximum Gasteiger partial charge on any atom is 0.236 e. The lowest BCUT2D eigenvalue weighted by Gasteiger charge is -2.33. The van der Waals surface area contributed by atoms with Crippen LogP contribution in [0.5, 0.6) is 0 Å². The van der Waals surface area contributed by atoms with Crippen LogP contribution in [-0.2, 0) is 9.53 Å². The fourth-order valence-corrected chi connectivity index (χ4v) is 2.16. The van der Waals surface area contributed by atoms with Gasteiger partial charge < -0.3 is 15.4 Å². The van der Waals surface area contributed by atoms with Crippen molar-refractivity contribution in [2.75, 3.05) is 39.8 Å². The highest BCUT2D eigenvalue weighted by atomic mass is 16.5. The Morgan fingerprint density at radius 1 is 1.42 bits per heavy atom. The zero-order valence-electron chi connectivity index (χ0n) is 12.6. The predicted molar refractivity (Wildman–Crippen MR) is 77.0 cm³/mol. The summed E-state index contributed by atoms with van der Waals surface area (Å²) in [7, 11) is 1.87. The predicted octanol–water partition coefficient (Wildman–Crippen LogP) is 0.683. The van der Waals surface area contributed by atoms with Crippen LogP contribution in [0.4, 0.5) is 0 Å². The van der Waals surface area contributed by atoms with E-state index in [0.717, 1.165) is 39.0 Å². The van der Waals surface area contributed by atoms with Gasteiger partial charge in [-0.05, 0) is 39.7 Å². The van der Waals surface area contributed by atoms with Crippen molar-refractivity contribution in [1.82, 2.24) is 9.80 Å². The molecule has 0 atom stereocenters. The molecular formula is C14H29N3O2. The first-order valence-electron chi connectivity index (χ1n) is 7.34. The van der Waals surface area contributed by atoms with Gasteiger partial charge in [-0.15, -0.1) is 0 Å². The highest BCUT2D eigenvalue weighted by Gasteiger charge is 2.22. The van der Waals surface area contributed by atoms with E-state index in [2.05, 4.69) is 4.90 Å². The molecule has 0 bridgehead atoms. The maximum absolute atomic E-state index is 12.0. The van der Waals surface area contributed by atoms with Crippen LogP contribution >= 0.6 is 0 Å². The van der Waals surface area contributed by atoms with Crippen LogP contribution in [0.3, 0.4) is 0 Å². The first kappa shape index (κ1) is 16.4. The number of hydrogen-bond donors (Lipinski definition) is 1. The van der Waals surface area contributed by atoms with Gasteiger partial charge in [-0.25, -0.2) is 0 Å². The van der Waals surface area contributed by atoms with Crippen LogP contribution < -0.4 is 5.73 Å². The number of nitrogens with two attached hydrogens (primary N) is 1. The van der Waals surface area contributed by atoms with Crippen molar-refractivity contribution >= 4 is 5.91 Å². The van der Waals surface area contributed by atoms with Crippen molar-refractivity contribution < 1.29 is 9.53 Å². The molecule has 1 fully saturated rings. The number of hydrogen-bond acceptors (Lipinski definition) is 4. The minimum absolute atomic E-state index is 0.206. The highest BCUT2D eigenvalue weighted by Crippen LogP contribution is 2.14. The van der Waals surface area contributed by atoms with E-state index < -0.39 is 0 Å². The van der Waals surface area contributed by atoms with E-state index in [9.17, 15) is 4.79 Å². The number of ether oxygens (including phenoxy) is 1. The Morgan fingerprint density at radius 2 is 2.05 bits per heavy atom. The van der Waals surface area contributed by atoms with E-state index in [0.29, 0.717) is 19.2 Å². The average Bonchev–Trinajstić information content (AvgIpc) is 2.40. The van der Waals surface area contributed by atoms with Gasteiger partial charge in [0, 0.05) is 32.8 Å². The third-order valence-corrected chi connectivity index (χ3v) is 3.76. The van der Waals surface area contributed by atoms with Gasteiger partial charge in [-0.2, -0.15) is 0 Å². The minimum Gasteiger partial charge on any atom is -0.378 e. The molecule has 1 aliphatic rings. The van der Waals surface area contributed by atoms with Gasteiger partial charge in [0.1, 0.15) is 0 Å². The molecule has 19 heavy (non-hydrogen) atoms. The van der Waals surface area contributed by atoms with Gasteiger partial charge in [-0.1, -0.05) is 0 Å². The van der Waals surface area contributed by atoms with Crippen molar-refractivity contribution in [3.05, 3.63) is 0 Å². The van der Waals surface area contributed by atoms with Crippen LogP contribution in [0.1, 0.15) is 33.1 Å². The lowest BCUT2D eigenvalue weighted by Crippen LogP contribution is -2.45. The monoisotopic (exact) mass is 271 g/mol. The number of rotatable bonds is 7. The molecule has 0 radical (unpaired) electrons. The Morgan fingerprint density at radius 3 is 2.58 bits per heavy atom. The molecule has 0 aromatic heterocycles. The third kappa shape index (κ3) is 5.89. The van der Waals surface area contributed by atoms with Crippen LogP contribution in [-0.4, -0.2) is 67.7 Å². The van der Waals surface area contributed by atoms with Crippen LogP contribution in [0.25, 0.3) is 0 Å². The SMILES string of the molecule is CC(C)N(C)C(=O)CN1CCC(OCCCN)CC1. The summed E-state index contributed by atoms with van der Waals surface area (Å²) in [5.41, 5.74) is 5.44. The Kier molecular flexibility index (Phi) is 7.34. The number of piperidine rings is 1. The van der Waals surface area contributed by atoms with E-state index in [1.807, 2.05) is 25.8 Å². The quantitative estimate of drug-likeness (QED) is 0.692. The molecule has 1 rings (SSSR count). The maximum atomic E-state index is 12.0. The molecule has 0 aliphatic carbocycles. The van der Waals surface area contributed by atoms with E-state index >= 15 is 0 Å². The van der Waals surface area contributed by atoms with Crippen LogP contribution in [0.2, 0.25) is 0 Å². The summed E-state index contributed by atoms with van der Waals surface area (Å²) in [6, 6.07) is 0.268. The topological polar surface area (TPSA) is 58.8 Å². The molecule has 0 unspecified atom stereocenters. The fraction of sp³-hybridized carbons (Fsp3) is 0.929. The summed E-state index contributed by atoms with van der Waals surface area (Å²) in [6.45, 7) is 7.95.